The summed E-state index contributed by atoms with van der Waals surface area (Å²) in [4.78, 5) is -0.0672. The van der Waals surface area contributed by atoms with Crippen LogP contribution < -0.4 is 0 Å². The van der Waals surface area contributed by atoms with Crippen molar-refractivity contribution in [3.8, 4) is 6.07 Å². The molecule has 7 heteroatoms. The zero-order valence-electron chi connectivity index (χ0n) is 7.88. The number of aryl methyl sites for hydroxylation is 1. The van der Waals surface area contributed by atoms with Gasteiger partial charge in [-0.3, -0.25) is 0 Å². The molecular weight excluding hydrogens is 239 g/mol. The van der Waals surface area contributed by atoms with Gasteiger partial charge in [0, 0.05) is 0 Å². The Bertz CT molecular complexity index is 529. The van der Waals surface area contributed by atoms with Crippen LogP contribution in [-0.4, -0.2) is 48.2 Å². The van der Waals surface area contributed by atoms with E-state index in [1.165, 1.54) is 18.2 Å². The minimum absolute atomic E-state index is 0. The van der Waals surface area contributed by atoms with Crippen molar-refractivity contribution in [1.82, 2.24) is 0 Å². The van der Waals surface area contributed by atoms with Gasteiger partial charge in [-0.25, -0.2) is 8.42 Å². The normalized spacial score (nSPS) is 11.4. The van der Waals surface area contributed by atoms with Gasteiger partial charge in [-0.2, -0.15) is 5.26 Å². The number of oxime groups is 1. The molecule has 0 amide bonds. The molecule has 0 aliphatic carbocycles. The molecule has 0 radical (unpaired) electrons. The fraction of sp³-hybridized carbons (Fsp3) is 0.111. The molecule has 0 fully saturated rings. The van der Waals surface area contributed by atoms with Gasteiger partial charge in [0.05, 0.1) is 4.90 Å². The van der Waals surface area contributed by atoms with Crippen LogP contribution in [0.1, 0.15) is 5.56 Å². The van der Waals surface area contributed by atoms with E-state index in [-0.39, 0.29) is 34.5 Å². The first kappa shape index (κ1) is 15.1. The van der Waals surface area contributed by atoms with Crippen LogP contribution in [0.15, 0.2) is 34.3 Å². The van der Waals surface area contributed by atoms with Gasteiger partial charge in [-0.1, -0.05) is 22.9 Å². The zero-order valence-corrected chi connectivity index (χ0v) is 8.69. The second-order valence-electron chi connectivity index (χ2n) is 2.83. The number of hydrogen-bond donors (Lipinski definition) is 1. The molecular formula is C9H9N2NaO3S. The van der Waals surface area contributed by atoms with E-state index >= 15 is 0 Å². The molecule has 16 heavy (non-hydrogen) atoms. The van der Waals surface area contributed by atoms with Gasteiger partial charge in [0.25, 0.3) is 5.04 Å². The second kappa shape index (κ2) is 6.01. The fourth-order valence-corrected chi connectivity index (χ4v) is 1.91. The average molecular weight is 248 g/mol. The van der Waals surface area contributed by atoms with Crippen LogP contribution in [0.25, 0.3) is 0 Å². The number of nitriles is 1. The molecule has 80 valence electrons. The van der Waals surface area contributed by atoms with Crippen LogP contribution in [0.5, 0.6) is 0 Å². The van der Waals surface area contributed by atoms with Crippen molar-refractivity contribution in [1.29, 1.82) is 5.26 Å². The molecule has 0 aromatic heterocycles. The summed E-state index contributed by atoms with van der Waals surface area (Å²) in [5.74, 6) is 0. The number of benzene rings is 1. The summed E-state index contributed by atoms with van der Waals surface area (Å²) in [6.07, 6.45) is 0. The third-order valence-electron chi connectivity index (χ3n) is 1.77. The Morgan fingerprint density at radius 2 is 1.88 bits per heavy atom. The molecule has 0 saturated heterocycles. The maximum absolute atomic E-state index is 11.6. The Balaban J connectivity index is 0.00000225. The standard InChI is InChI=1S/C9H8N2O3S.Na.H/c1-7-2-4-8(5-3-7)15(13,14)9(6-10)11-12;;/h2-5,12H,1H3;;. The van der Waals surface area contributed by atoms with Crippen LogP contribution in [0, 0.1) is 18.3 Å². The van der Waals surface area contributed by atoms with E-state index in [0.717, 1.165) is 5.56 Å². The SMILES string of the molecule is Cc1ccc(S(=O)(=O)C(C#N)=NO)cc1.[NaH]. The Kier molecular flexibility index (Phi) is 5.68. The van der Waals surface area contributed by atoms with Crippen LogP contribution in [0.3, 0.4) is 0 Å². The molecule has 0 bridgehead atoms. The molecule has 0 saturated carbocycles. The van der Waals surface area contributed by atoms with Crippen molar-refractivity contribution < 1.29 is 13.6 Å². The number of nitrogens with zero attached hydrogens (tertiary/aromatic N) is 2. The van der Waals surface area contributed by atoms with E-state index in [4.69, 9.17) is 10.5 Å². The van der Waals surface area contributed by atoms with Crippen molar-refractivity contribution >= 4 is 44.4 Å². The minimum atomic E-state index is -3.98. The number of rotatable bonds is 1. The first-order valence-corrected chi connectivity index (χ1v) is 5.44. The van der Waals surface area contributed by atoms with Crippen molar-refractivity contribution in [2.75, 3.05) is 0 Å². The first-order valence-electron chi connectivity index (χ1n) is 3.96. The van der Waals surface area contributed by atoms with E-state index in [1.807, 2.05) is 6.92 Å². The molecule has 1 aromatic carbocycles. The Morgan fingerprint density at radius 1 is 1.38 bits per heavy atom. The molecule has 1 aromatic rings. The predicted molar refractivity (Wildman–Crippen MR) is 60.3 cm³/mol. The molecule has 0 spiro atoms. The first-order chi connectivity index (χ1) is 7.02. The van der Waals surface area contributed by atoms with Gasteiger partial charge in [0.15, 0.2) is 0 Å². The third-order valence-corrected chi connectivity index (χ3v) is 3.35. The predicted octanol–water partition coefficient (Wildman–Crippen LogP) is 0.432. The number of hydrogen-bond acceptors (Lipinski definition) is 5. The molecule has 0 aliphatic heterocycles. The van der Waals surface area contributed by atoms with Crippen LogP contribution in [-0.2, 0) is 9.84 Å². The summed E-state index contributed by atoms with van der Waals surface area (Å²) in [6.45, 7) is 1.81. The Morgan fingerprint density at radius 3 is 2.25 bits per heavy atom. The van der Waals surface area contributed by atoms with Crippen molar-refractivity contribution in [2.24, 2.45) is 5.16 Å². The van der Waals surface area contributed by atoms with E-state index in [9.17, 15) is 8.42 Å². The quantitative estimate of drug-likeness (QED) is 0.256. The molecule has 0 heterocycles. The maximum atomic E-state index is 11.6. The summed E-state index contributed by atoms with van der Waals surface area (Å²) in [5.41, 5.74) is 0.897. The Labute approximate surface area is 116 Å². The van der Waals surface area contributed by atoms with Gasteiger partial charge in [-0.05, 0) is 19.1 Å². The van der Waals surface area contributed by atoms with Gasteiger partial charge < -0.3 is 5.21 Å². The van der Waals surface area contributed by atoms with Gasteiger partial charge >= 0.3 is 29.6 Å². The van der Waals surface area contributed by atoms with Gasteiger partial charge in [0.2, 0.25) is 9.84 Å². The molecule has 1 N–H and O–H groups in total. The summed E-state index contributed by atoms with van der Waals surface area (Å²) in [6, 6.07) is 7.22. The fourth-order valence-electron chi connectivity index (χ4n) is 0.965. The van der Waals surface area contributed by atoms with E-state index in [0.29, 0.717) is 0 Å². The third kappa shape index (κ3) is 3.06. The average Bonchev–Trinajstić information content (AvgIpc) is 2.19. The number of sulfone groups is 1. The monoisotopic (exact) mass is 248 g/mol. The summed E-state index contributed by atoms with van der Waals surface area (Å²) >= 11 is 0. The van der Waals surface area contributed by atoms with E-state index in [2.05, 4.69) is 5.16 Å². The van der Waals surface area contributed by atoms with Crippen molar-refractivity contribution in [2.45, 2.75) is 11.8 Å². The molecule has 0 aliphatic rings. The summed E-state index contributed by atoms with van der Waals surface area (Å²) < 4.78 is 23.2. The van der Waals surface area contributed by atoms with Crippen LogP contribution >= 0.6 is 0 Å². The van der Waals surface area contributed by atoms with Crippen molar-refractivity contribution in [3.63, 3.8) is 0 Å². The molecule has 5 nitrogen and oxygen atoms in total. The summed E-state index contributed by atoms with van der Waals surface area (Å²) in [5, 5.41) is 18.4. The van der Waals surface area contributed by atoms with Crippen LogP contribution in [0.2, 0.25) is 0 Å². The molecule has 0 unspecified atom stereocenters. The Hall–Kier alpha value is -0.870. The van der Waals surface area contributed by atoms with E-state index in [1.54, 1.807) is 12.1 Å². The van der Waals surface area contributed by atoms with Gasteiger partial charge in [0.1, 0.15) is 6.07 Å². The van der Waals surface area contributed by atoms with Crippen LogP contribution in [0.4, 0.5) is 0 Å². The topological polar surface area (TPSA) is 90.5 Å². The molecule has 0 atom stereocenters. The summed E-state index contributed by atoms with van der Waals surface area (Å²) in [7, 11) is -3.98. The molecule has 1 rings (SSSR count). The van der Waals surface area contributed by atoms with Crippen molar-refractivity contribution in [3.05, 3.63) is 29.8 Å². The zero-order chi connectivity index (χ0) is 11.5. The second-order valence-corrected chi connectivity index (χ2v) is 4.70. The van der Waals surface area contributed by atoms with E-state index < -0.39 is 14.9 Å². The van der Waals surface area contributed by atoms with Gasteiger partial charge in [-0.15, -0.1) is 0 Å².